The van der Waals surface area contributed by atoms with Gasteiger partial charge in [-0.05, 0) is 41.5 Å². The van der Waals surface area contributed by atoms with Crippen molar-refractivity contribution in [3.63, 3.8) is 0 Å². The van der Waals surface area contributed by atoms with Gasteiger partial charge >= 0.3 is 17.1 Å². The van der Waals surface area contributed by atoms with Gasteiger partial charge in [-0.3, -0.25) is 0 Å². The maximum absolute atomic E-state index is 11.3. The van der Waals surface area contributed by atoms with E-state index < -0.39 is 29.0 Å². The van der Waals surface area contributed by atoms with Crippen molar-refractivity contribution in [1.82, 2.24) is 4.98 Å². The first-order chi connectivity index (χ1) is 20.8. The molecule has 1 aliphatic carbocycles. The van der Waals surface area contributed by atoms with Crippen LogP contribution in [0.2, 0.25) is 0 Å². The third kappa shape index (κ3) is 5.01. The number of hydrogen-bond acceptors (Lipinski definition) is 11. The Labute approximate surface area is 260 Å². The third-order valence-electron chi connectivity index (χ3n) is 7.84. The number of carbonyl (C=O) groups is 1. The van der Waals surface area contributed by atoms with Crippen LogP contribution in [0.5, 0.6) is 40.2 Å². The first-order valence-electron chi connectivity index (χ1n) is 13.3. The van der Waals surface area contributed by atoms with Crippen LogP contribution >= 0.6 is 0 Å². The van der Waals surface area contributed by atoms with Crippen LogP contribution in [-0.2, 0) is 6.42 Å². The molecule has 0 bridgehead atoms. The summed E-state index contributed by atoms with van der Waals surface area (Å²) in [5.74, 6) is -3.92. The third-order valence-corrected chi connectivity index (χ3v) is 7.84. The van der Waals surface area contributed by atoms with Gasteiger partial charge in [0.1, 0.15) is 12.2 Å². The number of phenolic OH excluding ortho intramolecular Hbond substituents is 6. The number of benzene rings is 4. The first kappa shape index (κ1) is 31.0. The molecule has 2 heterocycles. The van der Waals surface area contributed by atoms with Crippen molar-refractivity contribution in [2.24, 2.45) is 0 Å². The zero-order chi connectivity index (χ0) is 31.7. The number of nitrogens with zero attached hydrogens (tertiary/aromatic N) is 2. The van der Waals surface area contributed by atoms with E-state index in [1.165, 1.54) is 18.2 Å². The second-order valence-electron chi connectivity index (χ2n) is 10.9. The molecule has 2 aliphatic rings. The van der Waals surface area contributed by atoms with E-state index >= 15 is 0 Å². The number of halogens is 1. The summed E-state index contributed by atoms with van der Waals surface area (Å²) < 4.78 is 11.0. The fraction of sp³-hybridized carbons (Fsp3) is 0.194. The van der Waals surface area contributed by atoms with Gasteiger partial charge in [0.25, 0.3) is 5.75 Å². The van der Waals surface area contributed by atoms with Crippen LogP contribution in [0.4, 0.5) is 5.69 Å². The fourth-order valence-electron chi connectivity index (χ4n) is 5.70. The van der Waals surface area contributed by atoms with Crippen molar-refractivity contribution >= 4 is 33.9 Å². The molecule has 5 aromatic rings. The van der Waals surface area contributed by atoms with Crippen molar-refractivity contribution in [3.8, 4) is 40.2 Å². The number of aliphatic hydroxyl groups is 1. The first-order valence-corrected chi connectivity index (χ1v) is 13.3. The SMILES string of the molecule is CN(C)c1ccc2nc3c(C(=O)O)cc(O)c(O)c3[o+]c2c1.Oc1cc2c(cc1O)[C@H]1c3ccc(O)c(O)c3OC[C@@]1(O)C2.[Cl-]. The molecule has 0 saturated carbocycles. The molecule has 14 heteroatoms. The highest BCUT2D eigenvalue weighted by Crippen LogP contribution is 2.55. The molecule has 0 saturated heterocycles. The van der Waals surface area contributed by atoms with Crippen molar-refractivity contribution in [1.29, 1.82) is 0 Å². The Hall–Kier alpha value is -5.40. The van der Waals surface area contributed by atoms with Crippen LogP contribution in [-0.4, -0.2) is 78.1 Å². The van der Waals surface area contributed by atoms with E-state index in [-0.39, 0.29) is 70.8 Å². The highest BCUT2D eigenvalue weighted by atomic mass is 35.5. The average Bonchev–Trinajstić information content (AvgIpc) is 3.27. The minimum Gasteiger partial charge on any atom is -1.00 e. The Morgan fingerprint density at radius 2 is 1.62 bits per heavy atom. The molecular formula is C31H27ClN2O11. The Balaban J connectivity index is 0.000000174. The van der Waals surface area contributed by atoms with Crippen LogP contribution in [0.3, 0.4) is 0 Å². The molecule has 13 nitrogen and oxygen atoms in total. The molecular weight excluding hydrogens is 612 g/mol. The molecule has 0 amide bonds. The van der Waals surface area contributed by atoms with E-state index in [2.05, 4.69) is 4.98 Å². The molecule has 8 N–H and O–H groups in total. The van der Waals surface area contributed by atoms with Gasteiger partial charge in [0.2, 0.25) is 5.75 Å². The highest BCUT2D eigenvalue weighted by molar-refractivity contribution is 6.04. The summed E-state index contributed by atoms with van der Waals surface area (Å²) >= 11 is 0. The quantitative estimate of drug-likeness (QED) is 0.0762. The lowest BCUT2D eigenvalue weighted by molar-refractivity contribution is -0.0228. The van der Waals surface area contributed by atoms with Gasteiger partial charge < -0.3 is 62.9 Å². The summed E-state index contributed by atoms with van der Waals surface area (Å²) in [5.41, 5.74) is 1.95. The largest absolute Gasteiger partial charge is 1.00 e. The molecule has 0 fully saturated rings. The van der Waals surface area contributed by atoms with Crippen LogP contribution in [0, 0.1) is 0 Å². The predicted octanol–water partition coefficient (Wildman–Crippen LogP) is 0.762. The summed E-state index contributed by atoms with van der Waals surface area (Å²) in [5, 5.41) is 78.6. The molecule has 45 heavy (non-hydrogen) atoms. The Morgan fingerprint density at radius 3 is 2.31 bits per heavy atom. The maximum Gasteiger partial charge on any atom is 0.425 e. The Morgan fingerprint density at radius 1 is 0.911 bits per heavy atom. The number of carboxylic acids is 1. The lowest BCUT2D eigenvalue weighted by atomic mass is 9.80. The summed E-state index contributed by atoms with van der Waals surface area (Å²) in [7, 11) is 3.73. The highest BCUT2D eigenvalue weighted by Gasteiger charge is 2.51. The molecule has 234 valence electrons. The van der Waals surface area contributed by atoms with E-state index in [9.17, 15) is 45.6 Å². The molecule has 4 aromatic carbocycles. The molecule has 0 unspecified atom stereocenters. The van der Waals surface area contributed by atoms with E-state index in [1.54, 1.807) is 18.2 Å². The molecule has 0 radical (unpaired) electrons. The van der Waals surface area contributed by atoms with Gasteiger partial charge in [0.15, 0.2) is 39.8 Å². The number of hydrogen-bond donors (Lipinski definition) is 8. The Kier molecular flexibility index (Phi) is 7.55. The van der Waals surface area contributed by atoms with Gasteiger partial charge in [0, 0.05) is 43.8 Å². The van der Waals surface area contributed by atoms with Crippen molar-refractivity contribution in [3.05, 3.63) is 70.8 Å². The van der Waals surface area contributed by atoms with Crippen molar-refractivity contribution in [2.75, 3.05) is 25.6 Å². The van der Waals surface area contributed by atoms with Crippen LogP contribution < -0.4 is 22.0 Å². The number of aromatic hydroxyl groups is 6. The van der Waals surface area contributed by atoms with Crippen molar-refractivity contribution < 1.29 is 67.2 Å². The van der Waals surface area contributed by atoms with E-state index in [0.717, 1.165) is 11.8 Å². The summed E-state index contributed by atoms with van der Waals surface area (Å²) in [6, 6.07) is 11.9. The van der Waals surface area contributed by atoms with Crippen LogP contribution in [0.1, 0.15) is 33.0 Å². The zero-order valence-corrected chi connectivity index (χ0v) is 24.4. The number of aromatic carboxylic acids is 1. The fourth-order valence-corrected chi connectivity index (χ4v) is 5.70. The molecule has 1 aliphatic heterocycles. The lowest BCUT2D eigenvalue weighted by Gasteiger charge is -2.36. The topological polar surface area (TPSA) is 216 Å². The monoisotopic (exact) mass is 638 g/mol. The molecule has 7 rings (SSSR count). The molecule has 1 aromatic heterocycles. The Bertz CT molecular complexity index is 2020. The smallest absolute Gasteiger partial charge is 0.425 e. The van der Waals surface area contributed by atoms with Gasteiger partial charge in [-0.25, -0.2) is 9.78 Å². The van der Waals surface area contributed by atoms with Crippen LogP contribution in [0.25, 0.3) is 22.2 Å². The van der Waals surface area contributed by atoms with Crippen molar-refractivity contribution in [2.45, 2.75) is 17.9 Å². The van der Waals surface area contributed by atoms with Gasteiger partial charge in [-0.15, -0.1) is 0 Å². The standard InChI is InChI=1S/C16H14O6.C15H12N2O5.ClH/c17-10-2-1-8-13-9-4-12(19)11(18)3-7(9)5-16(13,21)6-22-15(8)14(10)20;1-17(2)7-3-4-9-11(5-7)22-14-12(16-9)8(15(20)21)6-10(18)13(14)19;/h1-4,13,17-21H,5-6H2;3-6H,1-2H3,(H2-,16,18,19,20,21);1H/t13-,16+;;/m1../s1. The van der Waals surface area contributed by atoms with Gasteiger partial charge in [-0.1, -0.05) is 6.07 Å². The zero-order valence-electron chi connectivity index (χ0n) is 23.7. The van der Waals surface area contributed by atoms with E-state index in [0.29, 0.717) is 27.8 Å². The van der Waals surface area contributed by atoms with Crippen LogP contribution in [0.15, 0.2) is 52.9 Å². The summed E-state index contributed by atoms with van der Waals surface area (Å²) in [6.07, 6.45) is 0.266. The summed E-state index contributed by atoms with van der Waals surface area (Å²) in [6.45, 7) is -0.0577. The number of fused-ring (bicyclic) bond motifs is 7. The lowest BCUT2D eigenvalue weighted by Crippen LogP contribution is -3.00. The van der Waals surface area contributed by atoms with Gasteiger partial charge in [0.05, 0.1) is 11.6 Å². The molecule has 2 atom stereocenters. The normalized spacial score (nSPS) is 17.6. The number of carboxylic acid groups (broad SMARTS) is 1. The average molecular weight is 639 g/mol. The second-order valence-corrected chi connectivity index (χ2v) is 10.9. The van der Waals surface area contributed by atoms with E-state index in [4.69, 9.17) is 9.15 Å². The number of phenols is 6. The van der Waals surface area contributed by atoms with E-state index in [1.807, 2.05) is 25.1 Å². The number of ether oxygens (including phenoxy) is 1. The van der Waals surface area contributed by atoms with Gasteiger partial charge in [-0.2, -0.15) is 4.42 Å². The number of rotatable bonds is 2. The maximum atomic E-state index is 11.3. The molecule has 0 spiro atoms. The summed E-state index contributed by atoms with van der Waals surface area (Å²) in [4.78, 5) is 17.4. The second kappa shape index (κ2) is 10.9. The minimum atomic E-state index is -1.27. The number of anilines is 1. The number of aromatic nitrogens is 1. The minimum absolute atomic E-state index is 0. The predicted molar refractivity (Wildman–Crippen MR) is 156 cm³/mol.